The Morgan fingerprint density at radius 3 is 1.93 bits per heavy atom. The second-order valence-electron chi connectivity index (χ2n) is 6.66. The molecule has 0 heterocycles. The number of amides is 2. The highest BCUT2D eigenvalue weighted by Crippen LogP contribution is 2.23. The number of ether oxygens (including phenoxy) is 1. The van der Waals surface area contributed by atoms with E-state index in [2.05, 4.69) is 15.4 Å². The average molecular weight is 410 g/mol. The van der Waals surface area contributed by atoms with Gasteiger partial charge < -0.3 is 15.4 Å². The molecule has 29 heavy (non-hydrogen) atoms. The topological polar surface area (TPSA) is 171 Å². The lowest BCUT2D eigenvalue weighted by atomic mass is 10.0. The van der Waals surface area contributed by atoms with Gasteiger partial charge in [-0.05, 0) is 19.3 Å². The molecule has 0 unspecified atom stereocenters. The smallest absolute Gasteiger partial charge is 0.328 e. The van der Waals surface area contributed by atoms with Gasteiger partial charge in [0.25, 0.3) is 17.3 Å². The molecule has 0 aliphatic heterocycles. The second-order valence-corrected chi connectivity index (χ2v) is 6.66. The zero-order valence-corrected chi connectivity index (χ0v) is 16.3. The fraction of sp³-hybridized carbons (Fsp3) is 0.471. The van der Waals surface area contributed by atoms with Crippen LogP contribution in [0.15, 0.2) is 18.2 Å². The summed E-state index contributed by atoms with van der Waals surface area (Å²) in [6.45, 7) is 5.00. The van der Waals surface area contributed by atoms with E-state index >= 15 is 0 Å². The summed E-state index contributed by atoms with van der Waals surface area (Å²) in [5.74, 6) is -2.27. The second kappa shape index (κ2) is 10.1. The van der Waals surface area contributed by atoms with Crippen LogP contribution in [0.4, 0.5) is 11.4 Å². The minimum atomic E-state index is -1.08. The maximum absolute atomic E-state index is 12.5. The number of carbonyl (C=O) groups is 3. The normalized spacial score (nSPS) is 12.6. The number of nitrogens with zero attached hydrogens (tertiary/aromatic N) is 2. The Hall–Kier alpha value is -3.57. The van der Waals surface area contributed by atoms with Crippen LogP contribution in [0.3, 0.4) is 0 Å². The lowest BCUT2D eigenvalue weighted by molar-refractivity contribution is -0.394. The quantitative estimate of drug-likeness (QED) is 0.348. The predicted octanol–water partition coefficient (Wildman–Crippen LogP) is 1.33. The number of nitro benzene ring substituents is 2. The highest BCUT2D eigenvalue weighted by atomic mass is 16.6. The maximum atomic E-state index is 12.5. The Bertz CT molecular complexity index is 791. The Labute approximate surface area is 165 Å². The van der Waals surface area contributed by atoms with Gasteiger partial charge in [0.05, 0.1) is 28.6 Å². The number of nitro groups is 2. The first kappa shape index (κ1) is 23.5. The predicted molar refractivity (Wildman–Crippen MR) is 100 cm³/mol. The highest BCUT2D eigenvalue weighted by molar-refractivity contribution is 5.99. The zero-order chi connectivity index (χ0) is 22.3. The number of esters is 1. The zero-order valence-electron chi connectivity index (χ0n) is 16.3. The van der Waals surface area contributed by atoms with Crippen LogP contribution in [0.5, 0.6) is 0 Å². The number of methoxy groups -OCH3 is 1. The first-order chi connectivity index (χ1) is 13.5. The van der Waals surface area contributed by atoms with Crippen molar-refractivity contribution < 1.29 is 29.0 Å². The van der Waals surface area contributed by atoms with Crippen molar-refractivity contribution in [3.05, 3.63) is 44.0 Å². The summed E-state index contributed by atoms with van der Waals surface area (Å²) in [6, 6.07) is 0.451. The Morgan fingerprint density at radius 1 is 1.00 bits per heavy atom. The van der Waals surface area contributed by atoms with Crippen LogP contribution in [0.2, 0.25) is 0 Å². The molecule has 0 aliphatic carbocycles. The van der Waals surface area contributed by atoms with Gasteiger partial charge in [-0.2, -0.15) is 0 Å². The van der Waals surface area contributed by atoms with Crippen molar-refractivity contribution in [1.82, 2.24) is 10.6 Å². The standard InChI is InChI=1S/C17H22N4O8/c1-9(2)5-14(16(23)18-10(3)17(24)29-4)19-15(22)11-6-12(20(25)26)8-13(7-11)21(27)28/h6-10,14H,5H2,1-4H3,(H,18,23)(H,19,22)/t10-,14-/m0/s1. The Kier molecular flexibility index (Phi) is 8.18. The van der Waals surface area contributed by atoms with Crippen molar-refractivity contribution in [2.75, 3.05) is 7.11 Å². The summed E-state index contributed by atoms with van der Waals surface area (Å²) in [5, 5.41) is 26.8. The summed E-state index contributed by atoms with van der Waals surface area (Å²) in [4.78, 5) is 56.7. The molecule has 0 spiro atoms. The third-order valence-corrected chi connectivity index (χ3v) is 3.83. The van der Waals surface area contributed by atoms with Gasteiger partial charge in [0.15, 0.2) is 0 Å². The molecule has 0 saturated carbocycles. The van der Waals surface area contributed by atoms with Crippen molar-refractivity contribution in [1.29, 1.82) is 0 Å². The summed E-state index contributed by atoms with van der Waals surface area (Å²) in [5.41, 5.74) is -1.60. The number of carbonyl (C=O) groups excluding carboxylic acids is 3. The first-order valence-corrected chi connectivity index (χ1v) is 8.59. The monoisotopic (exact) mass is 410 g/mol. The maximum Gasteiger partial charge on any atom is 0.328 e. The molecule has 0 aromatic heterocycles. The lowest BCUT2D eigenvalue weighted by Gasteiger charge is -2.22. The van der Waals surface area contributed by atoms with Crippen LogP contribution in [-0.4, -0.2) is 46.8 Å². The van der Waals surface area contributed by atoms with Gasteiger partial charge in [0, 0.05) is 12.1 Å². The number of benzene rings is 1. The van der Waals surface area contributed by atoms with Gasteiger partial charge in [0.1, 0.15) is 12.1 Å². The van der Waals surface area contributed by atoms with E-state index in [4.69, 9.17) is 0 Å². The van der Waals surface area contributed by atoms with Gasteiger partial charge in [0.2, 0.25) is 5.91 Å². The molecule has 1 rings (SSSR count). The molecule has 0 fully saturated rings. The molecule has 0 radical (unpaired) electrons. The van der Waals surface area contributed by atoms with Gasteiger partial charge in [-0.15, -0.1) is 0 Å². The molecule has 12 nitrogen and oxygen atoms in total. The van der Waals surface area contributed by atoms with Crippen LogP contribution in [0.25, 0.3) is 0 Å². The molecule has 1 aromatic carbocycles. The van der Waals surface area contributed by atoms with E-state index < -0.39 is 51.1 Å². The number of non-ortho nitro benzene ring substituents is 2. The molecule has 0 bridgehead atoms. The van der Waals surface area contributed by atoms with Crippen molar-refractivity contribution in [3.63, 3.8) is 0 Å². The molecular formula is C17H22N4O8. The molecule has 158 valence electrons. The van der Waals surface area contributed by atoms with E-state index in [9.17, 15) is 34.6 Å². The first-order valence-electron chi connectivity index (χ1n) is 8.59. The van der Waals surface area contributed by atoms with Crippen LogP contribution in [-0.2, 0) is 14.3 Å². The van der Waals surface area contributed by atoms with E-state index in [1.54, 1.807) is 13.8 Å². The molecular weight excluding hydrogens is 388 g/mol. The summed E-state index contributed by atoms with van der Waals surface area (Å²) in [7, 11) is 1.16. The van der Waals surface area contributed by atoms with Gasteiger partial charge >= 0.3 is 5.97 Å². The summed E-state index contributed by atoms with van der Waals surface area (Å²) < 4.78 is 4.53. The van der Waals surface area contributed by atoms with Crippen LogP contribution < -0.4 is 10.6 Å². The van der Waals surface area contributed by atoms with E-state index in [0.29, 0.717) is 0 Å². The third kappa shape index (κ3) is 6.83. The molecule has 0 aliphatic rings. The average Bonchev–Trinajstić information content (AvgIpc) is 2.65. The Morgan fingerprint density at radius 2 is 1.52 bits per heavy atom. The SMILES string of the molecule is COC(=O)[C@H](C)NC(=O)[C@H](CC(C)C)NC(=O)c1cc([N+](=O)[O-])cc([N+](=O)[O-])c1. The van der Waals surface area contributed by atoms with E-state index in [-0.39, 0.29) is 17.9 Å². The van der Waals surface area contributed by atoms with Gasteiger partial charge in [-0.25, -0.2) is 4.79 Å². The number of nitrogens with one attached hydrogen (secondary N) is 2. The van der Waals surface area contributed by atoms with Crippen LogP contribution in [0.1, 0.15) is 37.6 Å². The summed E-state index contributed by atoms with van der Waals surface area (Å²) in [6.07, 6.45) is 0.197. The lowest BCUT2D eigenvalue weighted by Crippen LogP contribution is -2.51. The molecule has 12 heteroatoms. The van der Waals surface area contributed by atoms with Crippen molar-refractivity contribution >= 4 is 29.2 Å². The van der Waals surface area contributed by atoms with Gasteiger partial charge in [-0.1, -0.05) is 13.8 Å². The van der Waals surface area contributed by atoms with Crippen molar-refractivity contribution in [2.45, 2.75) is 39.3 Å². The highest BCUT2D eigenvalue weighted by Gasteiger charge is 2.27. The van der Waals surface area contributed by atoms with Crippen LogP contribution in [0, 0.1) is 26.1 Å². The summed E-state index contributed by atoms with van der Waals surface area (Å²) >= 11 is 0. The fourth-order valence-corrected chi connectivity index (χ4v) is 2.43. The third-order valence-electron chi connectivity index (χ3n) is 3.83. The largest absolute Gasteiger partial charge is 0.467 e. The fourth-order valence-electron chi connectivity index (χ4n) is 2.43. The minimum absolute atomic E-state index is 0.0288. The number of hydrogen-bond donors (Lipinski definition) is 2. The van der Waals surface area contributed by atoms with Crippen molar-refractivity contribution in [2.24, 2.45) is 5.92 Å². The van der Waals surface area contributed by atoms with Crippen molar-refractivity contribution in [3.8, 4) is 0 Å². The van der Waals surface area contributed by atoms with E-state index in [0.717, 1.165) is 25.3 Å². The van der Waals surface area contributed by atoms with E-state index in [1.807, 2.05) is 0 Å². The van der Waals surface area contributed by atoms with Gasteiger partial charge in [-0.3, -0.25) is 29.8 Å². The molecule has 2 N–H and O–H groups in total. The molecule has 2 atom stereocenters. The molecule has 1 aromatic rings. The number of hydrogen-bond acceptors (Lipinski definition) is 8. The number of rotatable bonds is 9. The molecule has 2 amide bonds. The molecule has 0 saturated heterocycles. The van der Waals surface area contributed by atoms with Crippen LogP contribution >= 0.6 is 0 Å². The Balaban J connectivity index is 3.12. The van der Waals surface area contributed by atoms with E-state index in [1.165, 1.54) is 6.92 Å². The minimum Gasteiger partial charge on any atom is -0.467 e.